The number of nitrogens with zero attached hydrogens (tertiary/aromatic N) is 4. The van der Waals surface area contributed by atoms with Crippen molar-refractivity contribution in [2.24, 2.45) is 7.05 Å². The molecule has 3 aromatic heterocycles. The number of nitrogens with one attached hydrogen (secondary N) is 1. The molecule has 0 bridgehead atoms. The average Bonchev–Trinajstić information content (AvgIpc) is 3.25. The van der Waals surface area contributed by atoms with Crippen LogP contribution in [0.2, 0.25) is 0 Å². The Labute approximate surface area is 171 Å². The van der Waals surface area contributed by atoms with E-state index in [1.54, 1.807) is 67.9 Å². The van der Waals surface area contributed by atoms with Crippen LogP contribution in [0.1, 0.15) is 5.56 Å². The van der Waals surface area contributed by atoms with E-state index in [0.717, 1.165) is 11.1 Å². The summed E-state index contributed by atoms with van der Waals surface area (Å²) >= 11 is 0. The summed E-state index contributed by atoms with van der Waals surface area (Å²) < 4.78 is 8.34. The predicted molar refractivity (Wildman–Crippen MR) is 112 cm³/mol. The van der Waals surface area contributed by atoms with Gasteiger partial charge in [-0.25, -0.2) is 4.68 Å². The Morgan fingerprint density at radius 1 is 1.07 bits per heavy atom. The summed E-state index contributed by atoms with van der Waals surface area (Å²) in [6, 6.07) is 11.9. The van der Waals surface area contributed by atoms with Gasteiger partial charge in [-0.05, 0) is 29.3 Å². The monoisotopic (exact) mass is 399 g/mol. The molecule has 0 amide bonds. The third-order valence-corrected chi connectivity index (χ3v) is 4.79. The third-order valence-electron chi connectivity index (χ3n) is 4.79. The van der Waals surface area contributed by atoms with Gasteiger partial charge < -0.3 is 14.3 Å². The maximum absolute atomic E-state index is 12.3. The van der Waals surface area contributed by atoms with Gasteiger partial charge in [0.25, 0.3) is 5.56 Å². The summed E-state index contributed by atoms with van der Waals surface area (Å²) in [6.07, 6.45) is 6.74. The molecule has 30 heavy (non-hydrogen) atoms. The Balaban J connectivity index is 1.88. The fourth-order valence-corrected chi connectivity index (χ4v) is 3.19. The van der Waals surface area contributed by atoms with Crippen molar-refractivity contribution < 1.29 is 4.74 Å². The molecule has 1 N–H and O–H groups in total. The van der Waals surface area contributed by atoms with Gasteiger partial charge in [-0.3, -0.25) is 9.59 Å². The van der Waals surface area contributed by atoms with E-state index in [1.807, 2.05) is 0 Å². The fraction of sp³-hybridized carbons (Fsp3) is 0.0909. The molecule has 4 rings (SSSR count). The van der Waals surface area contributed by atoms with Crippen molar-refractivity contribution in [1.29, 1.82) is 5.26 Å². The number of ether oxygens (including phenoxy) is 1. The first kappa shape index (κ1) is 19.0. The van der Waals surface area contributed by atoms with Crippen molar-refractivity contribution in [2.75, 3.05) is 7.11 Å². The second-order valence-electron chi connectivity index (χ2n) is 6.66. The average molecular weight is 399 g/mol. The highest BCUT2D eigenvalue weighted by Gasteiger charge is 2.14. The molecule has 1 aromatic carbocycles. The maximum Gasteiger partial charge on any atom is 0.250 e. The van der Waals surface area contributed by atoms with Gasteiger partial charge in [0, 0.05) is 55.0 Å². The summed E-state index contributed by atoms with van der Waals surface area (Å²) in [7, 11) is 3.23. The van der Waals surface area contributed by atoms with Crippen molar-refractivity contribution in [1.82, 2.24) is 19.3 Å². The van der Waals surface area contributed by atoms with Crippen LogP contribution in [0.5, 0.6) is 5.75 Å². The van der Waals surface area contributed by atoms with Crippen LogP contribution in [0.15, 0.2) is 70.8 Å². The number of rotatable bonds is 4. The molecule has 0 saturated carbocycles. The van der Waals surface area contributed by atoms with E-state index in [4.69, 9.17) is 4.74 Å². The van der Waals surface area contributed by atoms with E-state index in [2.05, 4.69) is 16.2 Å². The quantitative estimate of drug-likeness (QED) is 0.567. The topological polar surface area (TPSA) is 106 Å². The normalized spacial score (nSPS) is 10.6. The Bertz CT molecular complexity index is 1390. The number of methoxy groups -OCH3 is 1. The first-order valence-electron chi connectivity index (χ1n) is 9.03. The zero-order valence-corrected chi connectivity index (χ0v) is 16.3. The minimum atomic E-state index is -0.223. The molecule has 0 saturated heterocycles. The van der Waals surface area contributed by atoms with Gasteiger partial charge in [-0.1, -0.05) is 0 Å². The van der Waals surface area contributed by atoms with Crippen LogP contribution in [0.4, 0.5) is 0 Å². The third kappa shape index (κ3) is 3.40. The second kappa shape index (κ2) is 7.56. The summed E-state index contributed by atoms with van der Waals surface area (Å²) in [5.41, 5.74) is 3.51. The summed E-state index contributed by atoms with van der Waals surface area (Å²) in [5.74, 6) is 0.608. The van der Waals surface area contributed by atoms with Crippen molar-refractivity contribution in [3.8, 4) is 39.8 Å². The van der Waals surface area contributed by atoms with E-state index in [0.29, 0.717) is 28.1 Å². The van der Waals surface area contributed by atoms with Crippen LogP contribution < -0.4 is 15.9 Å². The number of benzene rings is 1. The molecule has 3 heterocycles. The van der Waals surface area contributed by atoms with Crippen molar-refractivity contribution in [2.45, 2.75) is 0 Å². The zero-order chi connectivity index (χ0) is 21.3. The highest BCUT2D eigenvalue weighted by molar-refractivity contribution is 5.82. The summed E-state index contributed by atoms with van der Waals surface area (Å²) in [4.78, 5) is 26.3. The second-order valence-corrected chi connectivity index (χ2v) is 6.66. The fourth-order valence-electron chi connectivity index (χ4n) is 3.19. The highest BCUT2D eigenvalue weighted by Crippen LogP contribution is 2.31. The lowest BCUT2D eigenvalue weighted by Crippen LogP contribution is -2.15. The van der Waals surface area contributed by atoms with Gasteiger partial charge in [0.05, 0.1) is 24.6 Å². The minimum absolute atomic E-state index is 0.174. The molecule has 0 radical (unpaired) electrons. The van der Waals surface area contributed by atoms with Crippen molar-refractivity contribution >= 4 is 0 Å². The number of H-pyrrole nitrogens is 1. The standard InChI is InChI=1S/C22H17N5O3/c1-26-13-19(18(8-22(26)29)15-4-6-21(28)24-10-15)16-11-25-27(12-16)20-7-17(30-2)5-3-14(20)9-23/h3-8,10-13H,1-2H3,(H,24,28). The lowest BCUT2D eigenvalue weighted by atomic mass is 9.99. The van der Waals surface area contributed by atoms with Crippen molar-refractivity contribution in [3.05, 3.63) is 87.5 Å². The highest BCUT2D eigenvalue weighted by atomic mass is 16.5. The first-order chi connectivity index (χ1) is 14.5. The molecule has 0 aliphatic heterocycles. The van der Waals surface area contributed by atoms with Gasteiger partial charge >= 0.3 is 0 Å². The van der Waals surface area contributed by atoms with Crippen LogP contribution >= 0.6 is 0 Å². The number of hydrogen-bond donors (Lipinski definition) is 1. The maximum atomic E-state index is 12.3. The zero-order valence-electron chi connectivity index (χ0n) is 16.3. The Morgan fingerprint density at radius 3 is 2.60 bits per heavy atom. The molecular weight excluding hydrogens is 382 g/mol. The number of aromatic nitrogens is 4. The largest absolute Gasteiger partial charge is 0.497 e. The Kier molecular flexibility index (Phi) is 4.78. The number of aromatic amines is 1. The molecular formula is C22H17N5O3. The number of hydrogen-bond acceptors (Lipinski definition) is 5. The van der Waals surface area contributed by atoms with E-state index in [-0.39, 0.29) is 11.1 Å². The molecule has 148 valence electrons. The van der Waals surface area contributed by atoms with Crippen LogP contribution in [-0.4, -0.2) is 26.4 Å². The molecule has 0 atom stereocenters. The Hall–Kier alpha value is -4.38. The van der Waals surface area contributed by atoms with E-state index in [9.17, 15) is 14.9 Å². The molecule has 8 nitrogen and oxygen atoms in total. The van der Waals surface area contributed by atoms with Crippen LogP contribution in [-0.2, 0) is 7.05 Å². The van der Waals surface area contributed by atoms with Crippen LogP contribution in [0.3, 0.4) is 0 Å². The SMILES string of the molecule is COc1ccc(C#N)c(-n2cc(-c3cn(C)c(=O)cc3-c3ccc(=O)[nH]c3)cn2)c1. The van der Waals surface area contributed by atoms with Gasteiger partial charge in [0.1, 0.15) is 11.8 Å². The molecule has 4 aromatic rings. The van der Waals surface area contributed by atoms with E-state index in [1.165, 1.54) is 16.7 Å². The molecule has 0 aliphatic rings. The lowest BCUT2D eigenvalue weighted by molar-refractivity contribution is 0.414. The van der Waals surface area contributed by atoms with E-state index >= 15 is 0 Å². The van der Waals surface area contributed by atoms with Gasteiger partial charge in [0.15, 0.2) is 0 Å². The molecule has 0 fully saturated rings. The minimum Gasteiger partial charge on any atom is -0.497 e. The van der Waals surface area contributed by atoms with Crippen LogP contribution in [0.25, 0.3) is 27.9 Å². The molecule has 0 spiro atoms. The Morgan fingerprint density at radius 2 is 1.90 bits per heavy atom. The van der Waals surface area contributed by atoms with Gasteiger partial charge in [-0.15, -0.1) is 0 Å². The molecule has 0 unspecified atom stereocenters. The number of pyridine rings is 2. The van der Waals surface area contributed by atoms with Crippen molar-refractivity contribution in [3.63, 3.8) is 0 Å². The smallest absolute Gasteiger partial charge is 0.250 e. The molecule has 8 heteroatoms. The van der Waals surface area contributed by atoms with Gasteiger partial charge in [0.2, 0.25) is 5.56 Å². The predicted octanol–water partition coefficient (Wildman–Crippen LogP) is 2.47. The van der Waals surface area contributed by atoms with Gasteiger partial charge in [-0.2, -0.15) is 10.4 Å². The summed E-state index contributed by atoms with van der Waals surface area (Å²) in [6.45, 7) is 0. The number of nitriles is 1. The number of aryl methyl sites for hydroxylation is 1. The lowest BCUT2D eigenvalue weighted by Gasteiger charge is -2.10. The first-order valence-corrected chi connectivity index (χ1v) is 9.03. The van der Waals surface area contributed by atoms with Crippen LogP contribution in [0, 0.1) is 11.3 Å². The molecule has 0 aliphatic carbocycles. The van der Waals surface area contributed by atoms with E-state index < -0.39 is 0 Å². The summed E-state index contributed by atoms with van der Waals surface area (Å²) in [5, 5.41) is 13.9.